The maximum absolute atomic E-state index is 12.1. The van der Waals surface area contributed by atoms with E-state index in [1.807, 2.05) is 0 Å². The molecule has 1 aromatic heterocycles. The van der Waals surface area contributed by atoms with Gasteiger partial charge in [0, 0.05) is 5.56 Å². The van der Waals surface area contributed by atoms with Gasteiger partial charge in [0.25, 0.3) is 11.6 Å². The van der Waals surface area contributed by atoms with Gasteiger partial charge >= 0.3 is 5.76 Å². The molecule has 0 aliphatic carbocycles. The minimum Gasteiger partial charge on any atom is -0.408 e. The molecular weight excluding hydrogens is 290 g/mol. The maximum atomic E-state index is 12.1. The largest absolute Gasteiger partial charge is 0.417 e. The van der Waals surface area contributed by atoms with Crippen molar-refractivity contribution in [3.63, 3.8) is 0 Å². The van der Waals surface area contributed by atoms with Crippen molar-refractivity contribution >= 4 is 28.4 Å². The van der Waals surface area contributed by atoms with Gasteiger partial charge in [0.2, 0.25) is 0 Å². The number of carbonyl (C=O) groups is 1. The van der Waals surface area contributed by atoms with Gasteiger partial charge in [-0.3, -0.25) is 19.9 Å². The van der Waals surface area contributed by atoms with Crippen LogP contribution in [-0.4, -0.2) is 15.8 Å². The Morgan fingerprint density at radius 1 is 1.23 bits per heavy atom. The van der Waals surface area contributed by atoms with Crippen LogP contribution >= 0.6 is 0 Å². The highest BCUT2D eigenvalue weighted by molar-refractivity contribution is 6.06. The third kappa shape index (κ3) is 2.44. The zero-order valence-corrected chi connectivity index (χ0v) is 11.0. The van der Waals surface area contributed by atoms with E-state index in [4.69, 9.17) is 4.42 Å². The molecule has 1 heterocycles. The molecule has 3 aromatic rings. The van der Waals surface area contributed by atoms with E-state index in [-0.39, 0.29) is 22.5 Å². The summed E-state index contributed by atoms with van der Waals surface area (Å²) >= 11 is 0. The van der Waals surface area contributed by atoms with Gasteiger partial charge in [-0.15, -0.1) is 0 Å². The molecule has 0 saturated carbocycles. The van der Waals surface area contributed by atoms with E-state index < -0.39 is 16.6 Å². The highest BCUT2D eigenvalue weighted by Crippen LogP contribution is 2.29. The second-order valence-electron chi connectivity index (χ2n) is 4.46. The zero-order valence-electron chi connectivity index (χ0n) is 11.0. The van der Waals surface area contributed by atoms with Crippen molar-refractivity contribution in [1.82, 2.24) is 4.98 Å². The molecule has 3 rings (SSSR count). The predicted octanol–water partition coefficient (Wildman–Crippen LogP) is 2.28. The van der Waals surface area contributed by atoms with Gasteiger partial charge in [-0.1, -0.05) is 18.2 Å². The lowest BCUT2D eigenvalue weighted by atomic mass is 10.2. The number of nitrogens with one attached hydrogen (secondary N) is 2. The molecule has 0 unspecified atom stereocenters. The molecule has 0 atom stereocenters. The smallest absolute Gasteiger partial charge is 0.408 e. The Morgan fingerprint density at radius 3 is 2.64 bits per heavy atom. The zero-order chi connectivity index (χ0) is 15.7. The third-order valence-electron chi connectivity index (χ3n) is 3.02. The van der Waals surface area contributed by atoms with Gasteiger partial charge in [0.1, 0.15) is 5.69 Å². The lowest BCUT2D eigenvalue weighted by molar-refractivity contribution is -0.383. The molecule has 8 nitrogen and oxygen atoms in total. The molecule has 2 aromatic carbocycles. The van der Waals surface area contributed by atoms with Gasteiger partial charge in [0.05, 0.1) is 16.5 Å². The molecule has 0 radical (unpaired) electrons. The Labute approximate surface area is 122 Å². The van der Waals surface area contributed by atoms with Crippen molar-refractivity contribution in [2.45, 2.75) is 0 Å². The highest BCUT2D eigenvalue weighted by atomic mass is 16.6. The number of aromatic nitrogens is 1. The molecule has 0 aliphatic heterocycles. The molecule has 0 spiro atoms. The second-order valence-corrected chi connectivity index (χ2v) is 4.46. The van der Waals surface area contributed by atoms with Crippen LogP contribution in [0.4, 0.5) is 11.4 Å². The van der Waals surface area contributed by atoms with Crippen LogP contribution in [0.1, 0.15) is 10.4 Å². The van der Waals surface area contributed by atoms with E-state index in [1.54, 1.807) is 30.3 Å². The number of hydrogen-bond donors (Lipinski definition) is 2. The average Bonchev–Trinajstić information content (AvgIpc) is 2.86. The summed E-state index contributed by atoms with van der Waals surface area (Å²) in [7, 11) is 0. The van der Waals surface area contributed by atoms with E-state index in [2.05, 4.69) is 10.3 Å². The summed E-state index contributed by atoms with van der Waals surface area (Å²) in [6.45, 7) is 0. The maximum Gasteiger partial charge on any atom is 0.417 e. The lowest BCUT2D eigenvalue weighted by Gasteiger charge is -2.06. The average molecular weight is 299 g/mol. The molecule has 0 fully saturated rings. The topological polar surface area (TPSA) is 118 Å². The molecule has 8 heteroatoms. The number of nitro benzene ring substituents is 1. The number of benzene rings is 2. The van der Waals surface area contributed by atoms with Gasteiger partial charge in [-0.2, -0.15) is 0 Å². The first kappa shape index (κ1) is 13.6. The first-order valence-corrected chi connectivity index (χ1v) is 6.22. The van der Waals surface area contributed by atoms with Crippen LogP contribution in [0.3, 0.4) is 0 Å². The minimum absolute atomic E-state index is 0.0246. The van der Waals surface area contributed by atoms with Crippen LogP contribution < -0.4 is 11.1 Å². The summed E-state index contributed by atoms with van der Waals surface area (Å²) in [5, 5.41) is 13.6. The monoisotopic (exact) mass is 299 g/mol. The Hall–Kier alpha value is -3.42. The van der Waals surface area contributed by atoms with Crippen molar-refractivity contribution in [2.24, 2.45) is 0 Å². The number of H-pyrrole nitrogens is 1. The molecule has 0 bridgehead atoms. The fourth-order valence-electron chi connectivity index (χ4n) is 2.02. The van der Waals surface area contributed by atoms with E-state index in [0.29, 0.717) is 5.56 Å². The second kappa shape index (κ2) is 5.17. The molecule has 1 amide bonds. The summed E-state index contributed by atoms with van der Waals surface area (Å²) < 4.78 is 4.78. The fourth-order valence-corrected chi connectivity index (χ4v) is 2.02. The fraction of sp³-hybridized carbons (Fsp3) is 0. The lowest BCUT2D eigenvalue weighted by Crippen LogP contribution is -2.13. The quantitative estimate of drug-likeness (QED) is 0.568. The Balaban J connectivity index is 2.05. The number of fused-ring (bicyclic) bond motifs is 1. The van der Waals surface area contributed by atoms with Crippen LogP contribution in [0, 0.1) is 10.1 Å². The molecule has 22 heavy (non-hydrogen) atoms. The number of nitrogens with zero attached hydrogens (tertiary/aromatic N) is 1. The number of hydrogen-bond acceptors (Lipinski definition) is 5. The predicted molar refractivity (Wildman–Crippen MR) is 77.9 cm³/mol. The summed E-state index contributed by atoms with van der Waals surface area (Å²) in [5.41, 5.74) is 0.286. The van der Waals surface area contributed by atoms with Crippen molar-refractivity contribution in [3.8, 4) is 0 Å². The molecule has 2 N–H and O–H groups in total. The minimum atomic E-state index is -0.726. The van der Waals surface area contributed by atoms with Crippen LogP contribution in [-0.2, 0) is 0 Å². The number of anilines is 1. The molecule has 0 saturated heterocycles. The van der Waals surface area contributed by atoms with E-state index in [1.165, 1.54) is 6.07 Å². The Morgan fingerprint density at radius 2 is 1.95 bits per heavy atom. The number of aromatic amines is 1. The van der Waals surface area contributed by atoms with Crippen LogP contribution in [0.2, 0.25) is 0 Å². The van der Waals surface area contributed by atoms with Crippen LogP contribution in [0.5, 0.6) is 0 Å². The third-order valence-corrected chi connectivity index (χ3v) is 3.02. The van der Waals surface area contributed by atoms with Crippen molar-refractivity contribution in [2.75, 3.05) is 5.32 Å². The van der Waals surface area contributed by atoms with Crippen molar-refractivity contribution in [3.05, 3.63) is 68.7 Å². The van der Waals surface area contributed by atoms with Gasteiger partial charge in [-0.25, -0.2) is 4.79 Å². The first-order chi connectivity index (χ1) is 10.5. The van der Waals surface area contributed by atoms with E-state index >= 15 is 0 Å². The highest BCUT2D eigenvalue weighted by Gasteiger charge is 2.20. The van der Waals surface area contributed by atoms with Gasteiger partial charge in [-0.05, 0) is 18.2 Å². The van der Waals surface area contributed by atoms with E-state index in [0.717, 1.165) is 6.07 Å². The van der Waals surface area contributed by atoms with Crippen LogP contribution in [0.25, 0.3) is 11.1 Å². The summed E-state index contributed by atoms with van der Waals surface area (Å²) in [6, 6.07) is 10.7. The molecular formula is C14H9N3O5. The van der Waals surface area contributed by atoms with Gasteiger partial charge < -0.3 is 9.73 Å². The summed E-state index contributed by atoms with van der Waals surface area (Å²) in [4.78, 5) is 36.1. The number of oxazole rings is 1. The van der Waals surface area contributed by atoms with Gasteiger partial charge in [0.15, 0.2) is 5.58 Å². The first-order valence-electron chi connectivity index (χ1n) is 6.22. The number of rotatable bonds is 3. The van der Waals surface area contributed by atoms with E-state index in [9.17, 15) is 19.7 Å². The van der Waals surface area contributed by atoms with Crippen molar-refractivity contribution in [1.29, 1.82) is 0 Å². The Kier molecular flexibility index (Phi) is 3.18. The number of nitro groups is 1. The summed E-state index contributed by atoms with van der Waals surface area (Å²) in [6.07, 6.45) is 0. The van der Waals surface area contributed by atoms with Crippen LogP contribution in [0.15, 0.2) is 51.7 Å². The number of carbonyl (C=O) groups excluding carboxylic acids is 1. The van der Waals surface area contributed by atoms with Crippen molar-refractivity contribution < 1.29 is 14.1 Å². The normalized spacial score (nSPS) is 10.5. The SMILES string of the molecule is O=C(Nc1cc2[nH]c(=O)oc2cc1[N+](=O)[O-])c1ccccc1. The number of amides is 1. The molecule has 110 valence electrons. The Bertz CT molecular complexity index is 927. The standard InChI is InChI=1S/C14H9N3O5/c18-13(8-4-2-1-3-5-8)15-9-6-10-12(22-14(19)16-10)7-11(9)17(20)21/h1-7H,(H,15,18)(H,16,19). The summed E-state index contributed by atoms with van der Waals surface area (Å²) in [5.74, 6) is -1.22. The molecule has 0 aliphatic rings.